The second-order valence-corrected chi connectivity index (χ2v) is 7.81. The number of benzene rings is 2. The molecule has 1 amide bonds. The van der Waals surface area contributed by atoms with E-state index >= 15 is 0 Å². The van der Waals surface area contributed by atoms with Crippen LogP contribution in [0.15, 0.2) is 51.7 Å². The molecule has 5 nitrogen and oxygen atoms in total. The molecule has 30 heavy (non-hydrogen) atoms. The van der Waals surface area contributed by atoms with Gasteiger partial charge in [-0.15, -0.1) is 0 Å². The number of carbonyl (C=O) groups excluding carboxylic acids is 1. The van der Waals surface area contributed by atoms with Crippen LogP contribution in [0.2, 0.25) is 5.02 Å². The Hall–Kier alpha value is -2.63. The Morgan fingerprint density at radius 2 is 1.83 bits per heavy atom. The van der Waals surface area contributed by atoms with E-state index in [-0.39, 0.29) is 17.2 Å². The highest BCUT2D eigenvalue weighted by atomic mass is 35.5. The third-order valence-corrected chi connectivity index (χ3v) is 5.70. The fourth-order valence-electron chi connectivity index (χ4n) is 3.84. The van der Waals surface area contributed by atoms with E-state index in [4.69, 9.17) is 16.0 Å². The maximum Gasteiger partial charge on any atom is 0.287 e. The van der Waals surface area contributed by atoms with E-state index in [2.05, 4.69) is 24.1 Å². The van der Waals surface area contributed by atoms with Gasteiger partial charge in [-0.3, -0.25) is 14.5 Å². The SMILES string of the molecule is CCN(CC)C(CNC(=O)c1cc(=O)c2cc(C)cc(C)c2o1)c1ccccc1Cl. The molecule has 3 aromatic rings. The van der Waals surface area contributed by atoms with Crippen LogP contribution in [0.4, 0.5) is 0 Å². The molecule has 0 aliphatic carbocycles. The van der Waals surface area contributed by atoms with Crippen LogP contribution in [0, 0.1) is 13.8 Å². The summed E-state index contributed by atoms with van der Waals surface area (Å²) >= 11 is 6.43. The Morgan fingerprint density at radius 3 is 2.50 bits per heavy atom. The number of fused-ring (bicyclic) bond motifs is 1. The molecule has 1 unspecified atom stereocenters. The molecule has 0 bridgehead atoms. The van der Waals surface area contributed by atoms with E-state index in [1.165, 1.54) is 6.07 Å². The number of halogens is 1. The number of nitrogens with zero attached hydrogens (tertiary/aromatic N) is 1. The van der Waals surface area contributed by atoms with Crippen molar-refractivity contribution in [2.24, 2.45) is 0 Å². The molecule has 1 atom stereocenters. The number of rotatable bonds is 7. The highest BCUT2D eigenvalue weighted by molar-refractivity contribution is 6.31. The van der Waals surface area contributed by atoms with Crippen LogP contribution in [0.3, 0.4) is 0 Å². The van der Waals surface area contributed by atoms with Crippen LogP contribution < -0.4 is 10.7 Å². The quantitative estimate of drug-likeness (QED) is 0.585. The number of aryl methyl sites for hydroxylation is 2. The third kappa shape index (κ3) is 4.58. The van der Waals surface area contributed by atoms with Gasteiger partial charge in [0, 0.05) is 17.6 Å². The molecule has 0 aliphatic heterocycles. The molecule has 0 spiro atoms. The number of amides is 1. The van der Waals surface area contributed by atoms with Crippen molar-refractivity contribution in [1.82, 2.24) is 10.2 Å². The van der Waals surface area contributed by atoms with E-state index in [0.29, 0.717) is 22.5 Å². The Labute approximate surface area is 181 Å². The molecule has 3 rings (SSSR count). The Morgan fingerprint density at radius 1 is 1.13 bits per heavy atom. The van der Waals surface area contributed by atoms with Crippen molar-refractivity contribution in [2.45, 2.75) is 33.7 Å². The molecule has 0 saturated carbocycles. The normalized spacial score (nSPS) is 12.3. The number of nitrogens with one attached hydrogen (secondary N) is 1. The van der Waals surface area contributed by atoms with E-state index < -0.39 is 5.91 Å². The first-order chi connectivity index (χ1) is 14.3. The van der Waals surface area contributed by atoms with Crippen molar-refractivity contribution < 1.29 is 9.21 Å². The smallest absolute Gasteiger partial charge is 0.287 e. The number of hydrogen-bond donors (Lipinski definition) is 1. The summed E-state index contributed by atoms with van der Waals surface area (Å²) in [6.07, 6.45) is 0. The lowest BCUT2D eigenvalue weighted by Crippen LogP contribution is -2.38. The summed E-state index contributed by atoms with van der Waals surface area (Å²) < 4.78 is 5.81. The standard InChI is InChI=1S/C24H27ClN2O3/c1-5-27(6-2)20(17-9-7-8-10-19(17)25)14-26-24(29)22-13-21(28)18-12-15(3)11-16(4)23(18)30-22/h7-13,20H,5-6,14H2,1-4H3,(H,26,29). The molecule has 158 valence electrons. The topological polar surface area (TPSA) is 62.6 Å². The zero-order valence-corrected chi connectivity index (χ0v) is 18.5. The zero-order valence-electron chi connectivity index (χ0n) is 17.8. The lowest BCUT2D eigenvalue weighted by atomic mass is 10.0. The summed E-state index contributed by atoms with van der Waals surface area (Å²) in [4.78, 5) is 27.6. The molecular weight excluding hydrogens is 400 g/mol. The molecule has 1 aromatic heterocycles. The van der Waals surface area contributed by atoms with E-state index in [1.807, 2.05) is 44.2 Å². The first kappa shape index (κ1) is 22.1. The van der Waals surface area contributed by atoms with Gasteiger partial charge >= 0.3 is 0 Å². The van der Waals surface area contributed by atoms with Crippen molar-refractivity contribution in [2.75, 3.05) is 19.6 Å². The highest BCUT2D eigenvalue weighted by Crippen LogP contribution is 2.27. The van der Waals surface area contributed by atoms with Gasteiger partial charge in [-0.1, -0.05) is 49.7 Å². The van der Waals surface area contributed by atoms with Gasteiger partial charge in [0.1, 0.15) is 5.58 Å². The van der Waals surface area contributed by atoms with Gasteiger partial charge in [0.15, 0.2) is 11.2 Å². The summed E-state index contributed by atoms with van der Waals surface area (Å²) in [5, 5.41) is 4.07. The van der Waals surface area contributed by atoms with Crippen LogP contribution in [-0.2, 0) is 0 Å². The Balaban J connectivity index is 1.89. The summed E-state index contributed by atoms with van der Waals surface area (Å²) in [5.41, 5.74) is 2.99. The third-order valence-electron chi connectivity index (χ3n) is 5.36. The number of carbonyl (C=O) groups is 1. The molecule has 6 heteroatoms. The fourth-order valence-corrected chi connectivity index (χ4v) is 4.10. The fraction of sp³-hybridized carbons (Fsp3) is 0.333. The van der Waals surface area contributed by atoms with Crippen LogP contribution >= 0.6 is 11.6 Å². The maximum atomic E-state index is 12.8. The summed E-state index contributed by atoms with van der Waals surface area (Å²) in [5.74, 6) is -0.407. The number of likely N-dealkylation sites (N-methyl/N-ethyl adjacent to an activating group) is 1. The molecule has 0 radical (unpaired) electrons. The average molecular weight is 427 g/mol. The molecule has 0 aliphatic rings. The van der Waals surface area contributed by atoms with Gasteiger partial charge in [0.05, 0.1) is 11.4 Å². The minimum absolute atomic E-state index is 0.0110. The van der Waals surface area contributed by atoms with E-state index in [1.54, 1.807) is 6.07 Å². The molecular formula is C24H27ClN2O3. The molecule has 0 fully saturated rings. The van der Waals surface area contributed by atoms with E-state index in [0.717, 1.165) is 29.8 Å². The van der Waals surface area contributed by atoms with Gasteiger partial charge < -0.3 is 9.73 Å². The van der Waals surface area contributed by atoms with Crippen molar-refractivity contribution >= 4 is 28.5 Å². The van der Waals surface area contributed by atoms with Gasteiger partial charge in [0.25, 0.3) is 5.91 Å². The van der Waals surface area contributed by atoms with Gasteiger partial charge in [-0.25, -0.2) is 0 Å². The monoisotopic (exact) mass is 426 g/mol. The van der Waals surface area contributed by atoms with Crippen LogP contribution in [0.1, 0.15) is 47.1 Å². The zero-order chi connectivity index (χ0) is 21.8. The van der Waals surface area contributed by atoms with Gasteiger partial charge in [0.2, 0.25) is 0 Å². The first-order valence-electron chi connectivity index (χ1n) is 10.2. The second-order valence-electron chi connectivity index (χ2n) is 7.40. The van der Waals surface area contributed by atoms with Crippen molar-refractivity contribution in [3.8, 4) is 0 Å². The molecule has 0 saturated heterocycles. The maximum absolute atomic E-state index is 12.8. The Kier molecular flexibility index (Phi) is 6.95. The molecule has 2 aromatic carbocycles. The van der Waals surface area contributed by atoms with Crippen LogP contribution in [-0.4, -0.2) is 30.4 Å². The summed E-state index contributed by atoms with van der Waals surface area (Å²) in [6, 6.07) is 12.5. The lowest BCUT2D eigenvalue weighted by molar-refractivity contribution is 0.0908. The largest absolute Gasteiger partial charge is 0.450 e. The van der Waals surface area contributed by atoms with E-state index in [9.17, 15) is 9.59 Å². The number of hydrogen-bond acceptors (Lipinski definition) is 4. The first-order valence-corrected chi connectivity index (χ1v) is 10.5. The lowest BCUT2D eigenvalue weighted by Gasteiger charge is -2.30. The van der Waals surface area contributed by atoms with Crippen LogP contribution in [0.25, 0.3) is 11.0 Å². The van der Waals surface area contributed by atoms with Gasteiger partial charge in [-0.2, -0.15) is 0 Å². The minimum Gasteiger partial charge on any atom is -0.450 e. The molecule has 1 heterocycles. The summed E-state index contributed by atoms with van der Waals surface area (Å²) in [7, 11) is 0. The van der Waals surface area contributed by atoms with Crippen molar-refractivity contribution in [1.29, 1.82) is 0 Å². The van der Waals surface area contributed by atoms with Crippen molar-refractivity contribution in [3.05, 3.63) is 80.2 Å². The average Bonchev–Trinajstić information content (AvgIpc) is 2.72. The van der Waals surface area contributed by atoms with Crippen molar-refractivity contribution in [3.63, 3.8) is 0 Å². The predicted octanol–water partition coefficient (Wildman–Crippen LogP) is 4.88. The van der Waals surface area contributed by atoms with Gasteiger partial charge in [-0.05, 0) is 55.8 Å². The highest BCUT2D eigenvalue weighted by Gasteiger charge is 2.22. The minimum atomic E-state index is -0.418. The second kappa shape index (κ2) is 9.45. The van der Waals surface area contributed by atoms with Crippen LogP contribution in [0.5, 0.6) is 0 Å². The molecule has 1 N–H and O–H groups in total. The predicted molar refractivity (Wildman–Crippen MR) is 121 cm³/mol. The Bertz CT molecular complexity index is 1120. The summed E-state index contributed by atoms with van der Waals surface area (Å²) in [6.45, 7) is 9.91.